The molecule has 1 N–H and O–H groups in total. The average molecular weight is 891 g/mol. The van der Waals surface area contributed by atoms with Crippen molar-refractivity contribution in [3.8, 4) is 0 Å². The highest BCUT2D eigenvalue weighted by atomic mass is 16.6. The Morgan fingerprint density at radius 2 is 0.672 bits per heavy atom. The second kappa shape index (κ2) is 54.4. The lowest BCUT2D eigenvalue weighted by Crippen LogP contribution is -2.28. The summed E-state index contributed by atoms with van der Waals surface area (Å²) >= 11 is 0. The topological polar surface area (TPSA) is 72.8 Å². The molecule has 0 aliphatic rings. The summed E-state index contributed by atoms with van der Waals surface area (Å²) in [6.07, 6.45) is 75.4. The van der Waals surface area contributed by atoms with Gasteiger partial charge in [0.2, 0.25) is 0 Å². The third kappa shape index (κ3) is 51.7. The van der Waals surface area contributed by atoms with Crippen molar-refractivity contribution in [2.24, 2.45) is 0 Å². The van der Waals surface area contributed by atoms with Gasteiger partial charge in [-0.05, 0) is 89.9 Å². The zero-order valence-electron chi connectivity index (χ0n) is 42.0. The van der Waals surface area contributed by atoms with Crippen molar-refractivity contribution < 1.29 is 24.2 Å². The van der Waals surface area contributed by atoms with Crippen LogP contribution in [-0.2, 0) is 19.1 Å². The van der Waals surface area contributed by atoms with Crippen molar-refractivity contribution in [1.29, 1.82) is 0 Å². The summed E-state index contributed by atoms with van der Waals surface area (Å²) in [6.45, 7) is 4.01. The molecule has 0 aliphatic carbocycles. The Kier molecular flexibility index (Phi) is 51.9. The van der Waals surface area contributed by atoms with Gasteiger partial charge in [-0.25, -0.2) is 0 Å². The van der Waals surface area contributed by atoms with Gasteiger partial charge in [-0.3, -0.25) is 9.59 Å². The first-order valence-corrected chi connectivity index (χ1v) is 27.1. The van der Waals surface area contributed by atoms with Gasteiger partial charge in [-0.15, -0.1) is 0 Å². The molecule has 5 nitrogen and oxygen atoms in total. The summed E-state index contributed by atoms with van der Waals surface area (Å²) in [5.74, 6) is -0.591. The Hall–Kier alpha value is -2.92. The van der Waals surface area contributed by atoms with E-state index in [0.29, 0.717) is 12.8 Å². The Balaban J connectivity index is 3.49. The molecule has 0 heterocycles. The summed E-state index contributed by atoms with van der Waals surface area (Å²) < 4.78 is 10.7. The standard InChI is InChI=1S/C59H102O5/c1-3-5-7-9-11-13-15-17-19-21-23-24-25-26-27-28-29-30-31-32-33-34-36-38-40-42-44-46-48-50-52-54-59(62)64-57(55-60)56-63-58(61)53-51-49-47-45-43-41-39-37-35-22-20-18-16-14-12-10-8-6-4-2/h5,7,11-14,17-20,23-24,26-27,57,60H,3-4,6,8-10,15-16,21-22,25,28-56H2,1-2H3/b7-5-,13-11-,14-12-,19-17-,20-18-,24-23-,27-26-. The minimum absolute atomic E-state index is 0.0694. The number of unbranched alkanes of at least 4 members (excludes halogenated alkanes) is 27. The summed E-state index contributed by atoms with van der Waals surface area (Å²) in [6, 6.07) is 0. The number of rotatable bonds is 49. The summed E-state index contributed by atoms with van der Waals surface area (Å²) in [5.41, 5.74) is 0. The fourth-order valence-corrected chi connectivity index (χ4v) is 7.61. The van der Waals surface area contributed by atoms with E-state index in [1.807, 2.05) is 0 Å². The monoisotopic (exact) mass is 891 g/mol. The highest BCUT2D eigenvalue weighted by Gasteiger charge is 2.16. The molecule has 368 valence electrons. The number of allylic oxidation sites excluding steroid dienone is 14. The first-order chi connectivity index (χ1) is 31.6. The van der Waals surface area contributed by atoms with Gasteiger partial charge in [0.15, 0.2) is 6.10 Å². The number of esters is 2. The molecule has 1 unspecified atom stereocenters. The molecule has 5 heteroatoms. The zero-order chi connectivity index (χ0) is 46.3. The van der Waals surface area contributed by atoms with Gasteiger partial charge < -0.3 is 14.6 Å². The maximum atomic E-state index is 12.3. The van der Waals surface area contributed by atoms with Crippen LogP contribution in [-0.4, -0.2) is 36.4 Å². The molecule has 0 amide bonds. The van der Waals surface area contributed by atoms with Crippen molar-refractivity contribution in [1.82, 2.24) is 0 Å². The van der Waals surface area contributed by atoms with Crippen molar-refractivity contribution in [2.75, 3.05) is 13.2 Å². The lowest BCUT2D eigenvalue weighted by atomic mass is 10.0. The molecule has 0 aromatic rings. The molecular weight excluding hydrogens is 789 g/mol. The number of ether oxygens (including phenoxy) is 2. The predicted molar refractivity (Wildman–Crippen MR) is 279 cm³/mol. The van der Waals surface area contributed by atoms with E-state index in [4.69, 9.17) is 9.47 Å². The van der Waals surface area contributed by atoms with Crippen LogP contribution in [0.1, 0.15) is 258 Å². The van der Waals surface area contributed by atoms with Crippen LogP contribution in [0.4, 0.5) is 0 Å². The number of carbonyl (C=O) groups excluding carboxylic acids is 2. The average Bonchev–Trinajstić information content (AvgIpc) is 3.30. The highest BCUT2D eigenvalue weighted by molar-refractivity contribution is 5.70. The molecule has 0 aromatic heterocycles. The van der Waals surface area contributed by atoms with Crippen LogP contribution in [0.15, 0.2) is 85.1 Å². The Bertz CT molecular complexity index is 1190. The molecule has 0 saturated carbocycles. The quantitative estimate of drug-likeness (QED) is 0.0374. The summed E-state index contributed by atoms with van der Waals surface area (Å²) in [5, 5.41) is 9.64. The van der Waals surface area contributed by atoms with Gasteiger partial charge in [0.1, 0.15) is 6.61 Å². The van der Waals surface area contributed by atoms with Gasteiger partial charge in [0, 0.05) is 12.8 Å². The van der Waals surface area contributed by atoms with E-state index in [1.165, 1.54) is 154 Å². The Labute approximate surface area is 396 Å². The van der Waals surface area contributed by atoms with Crippen molar-refractivity contribution in [3.63, 3.8) is 0 Å². The molecule has 0 fully saturated rings. The van der Waals surface area contributed by atoms with Crippen LogP contribution < -0.4 is 0 Å². The van der Waals surface area contributed by atoms with E-state index >= 15 is 0 Å². The SMILES string of the molecule is CC/C=C\C/C=C\C/C=C\C/C=C\C/C=C\CCCCCCCCCCCCCCCCCC(=O)OC(CO)COC(=O)CCCCCCCCCCC/C=C\C/C=C\CCCCC. The molecule has 0 aliphatic heterocycles. The van der Waals surface area contributed by atoms with E-state index in [2.05, 4.69) is 98.9 Å². The normalized spacial score (nSPS) is 12.9. The fourth-order valence-electron chi connectivity index (χ4n) is 7.61. The van der Waals surface area contributed by atoms with Crippen LogP contribution in [0.25, 0.3) is 0 Å². The summed E-state index contributed by atoms with van der Waals surface area (Å²) in [4.78, 5) is 24.5. The third-order valence-electron chi connectivity index (χ3n) is 11.7. The van der Waals surface area contributed by atoms with Gasteiger partial charge >= 0.3 is 11.9 Å². The molecule has 0 saturated heterocycles. The molecule has 0 bridgehead atoms. The minimum Gasteiger partial charge on any atom is -0.462 e. The van der Waals surface area contributed by atoms with Crippen LogP contribution in [0.2, 0.25) is 0 Å². The first-order valence-electron chi connectivity index (χ1n) is 27.1. The third-order valence-corrected chi connectivity index (χ3v) is 11.7. The number of aliphatic hydroxyl groups is 1. The first kappa shape index (κ1) is 61.1. The molecule has 0 radical (unpaired) electrons. The van der Waals surface area contributed by atoms with Crippen LogP contribution in [0.5, 0.6) is 0 Å². The molecule has 0 rings (SSSR count). The van der Waals surface area contributed by atoms with Gasteiger partial charge in [-0.2, -0.15) is 0 Å². The second-order valence-corrected chi connectivity index (χ2v) is 17.9. The number of carbonyl (C=O) groups is 2. The highest BCUT2D eigenvalue weighted by Crippen LogP contribution is 2.16. The molecule has 1 atom stereocenters. The van der Waals surface area contributed by atoms with Gasteiger partial charge in [0.25, 0.3) is 0 Å². The maximum Gasteiger partial charge on any atom is 0.306 e. The molecular formula is C59H102O5. The molecule has 0 spiro atoms. The van der Waals surface area contributed by atoms with Crippen LogP contribution >= 0.6 is 0 Å². The fraction of sp³-hybridized carbons (Fsp3) is 0.729. The van der Waals surface area contributed by atoms with E-state index < -0.39 is 6.10 Å². The number of aliphatic hydroxyl groups excluding tert-OH is 1. The van der Waals surface area contributed by atoms with E-state index in [-0.39, 0.29) is 25.2 Å². The predicted octanol–water partition coefficient (Wildman–Crippen LogP) is 18.2. The Morgan fingerprint density at radius 1 is 0.375 bits per heavy atom. The zero-order valence-corrected chi connectivity index (χ0v) is 42.0. The second-order valence-electron chi connectivity index (χ2n) is 17.9. The lowest BCUT2D eigenvalue weighted by molar-refractivity contribution is -0.161. The van der Waals surface area contributed by atoms with Crippen molar-refractivity contribution in [2.45, 2.75) is 264 Å². The van der Waals surface area contributed by atoms with Crippen LogP contribution in [0, 0.1) is 0 Å². The number of hydrogen-bond acceptors (Lipinski definition) is 5. The smallest absolute Gasteiger partial charge is 0.306 e. The minimum atomic E-state index is -0.777. The largest absolute Gasteiger partial charge is 0.462 e. The summed E-state index contributed by atoms with van der Waals surface area (Å²) in [7, 11) is 0. The van der Waals surface area contributed by atoms with Gasteiger partial charge in [0.05, 0.1) is 6.61 Å². The molecule has 64 heavy (non-hydrogen) atoms. The van der Waals surface area contributed by atoms with Crippen LogP contribution in [0.3, 0.4) is 0 Å². The van der Waals surface area contributed by atoms with Crippen molar-refractivity contribution in [3.05, 3.63) is 85.1 Å². The lowest BCUT2D eigenvalue weighted by Gasteiger charge is -2.15. The Morgan fingerprint density at radius 3 is 1.02 bits per heavy atom. The maximum absolute atomic E-state index is 12.3. The van der Waals surface area contributed by atoms with Crippen molar-refractivity contribution >= 4 is 11.9 Å². The number of hydrogen-bond donors (Lipinski definition) is 1. The van der Waals surface area contributed by atoms with E-state index in [1.54, 1.807) is 0 Å². The van der Waals surface area contributed by atoms with E-state index in [9.17, 15) is 14.7 Å². The van der Waals surface area contributed by atoms with E-state index in [0.717, 1.165) is 77.0 Å². The molecule has 0 aromatic carbocycles. The van der Waals surface area contributed by atoms with Gasteiger partial charge in [-0.1, -0.05) is 240 Å².